The van der Waals surface area contributed by atoms with Crippen LogP contribution in [0.2, 0.25) is 0 Å². The number of halogens is 1. The Balaban J connectivity index is 1.76. The maximum Gasteiger partial charge on any atom is 0.339 e. The Labute approximate surface area is 148 Å². The van der Waals surface area contributed by atoms with Crippen molar-refractivity contribution < 1.29 is 19.1 Å². The third kappa shape index (κ3) is 2.98. The number of carbonyl (C=O) groups excluding carboxylic acids is 1. The first-order valence-electron chi connectivity index (χ1n) is 7.68. The molecule has 1 fully saturated rings. The molecular formula is C18H18BrNO4. The molecule has 0 bridgehead atoms. The Kier molecular flexibility index (Phi) is 4.25. The summed E-state index contributed by atoms with van der Waals surface area (Å²) in [7, 11) is 1.72. The minimum atomic E-state index is -1.02. The van der Waals surface area contributed by atoms with E-state index in [0.29, 0.717) is 11.5 Å². The number of carbonyl (C=O) groups is 2. The maximum absolute atomic E-state index is 12.9. The van der Waals surface area contributed by atoms with E-state index < -0.39 is 11.4 Å². The lowest BCUT2D eigenvalue weighted by Crippen LogP contribution is -2.36. The zero-order valence-corrected chi connectivity index (χ0v) is 15.1. The SMILES string of the molecule is Cc1oc(CN(C)C(=O)C2(c3ccc(Br)cc3)CC2)cc1C(=O)O. The van der Waals surface area contributed by atoms with Gasteiger partial charge in [0.15, 0.2) is 0 Å². The van der Waals surface area contributed by atoms with Gasteiger partial charge in [-0.15, -0.1) is 0 Å². The number of aryl methyl sites for hydroxylation is 1. The molecule has 1 amide bonds. The molecule has 1 heterocycles. The number of aromatic carboxylic acids is 1. The highest BCUT2D eigenvalue weighted by Gasteiger charge is 2.52. The molecule has 3 rings (SSSR count). The minimum absolute atomic E-state index is 0.0377. The van der Waals surface area contributed by atoms with Crippen LogP contribution in [0.1, 0.15) is 40.3 Å². The normalized spacial score (nSPS) is 15.1. The molecule has 126 valence electrons. The fourth-order valence-corrected chi connectivity index (χ4v) is 3.29. The molecule has 0 saturated heterocycles. The molecule has 0 spiro atoms. The molecule has 1 aliphatic carbocycles. The van der Waals surface area contributed by atoms with Crippen molar-refractivity contribution in [2.45, 2.75) is 31.7 Å². The van der Waals surface area contributed by atoms with E-state index in [9.17, 15) is 9.59 Å². The second kappa shape index (κ2) is 6.09. The van der Waals surface area contributed by atoms with E-state index in [1.165, 1.54) is 6.07 Å². The number of nitrogens with zero attached hydrogens (tertiary/aromatic N) is 1. The van der Waals surface area contributed by atoms with Crippen LogP contribution >= 0.6 is 15.9 Å². The van der Waals surface area contributed by atoms with E-state index in [0.717, 1.165) is 22.9 Å². The van der Waals surface area contributed by atoms with Gasteiger partial charge in [0.25, 0.3) is 0 Å². The van der Waals surface area contributed by atoms with Gasteiger partial charge in [-0.05, 0) is 43.5 Å². The number of benzene rings is 1. The van der Waals surface area contributed by atoms with E-state index in [4.69, 9.17) is 9.52 Å². The Bertz CT molecular complexity index is 790. The van der Waals surface area contributed by atoms with Crippen molar-refractivity contribution in [3.05, 3.63) is 57.5 Å². The number of amides is 1. The minimum Gasteiger partial charge on any atom is -0.478 e. The van der Waals surface area contributed by atoms with Crippen LogP contribution in [0.15, 0.2) is 39.2 Å². The summed E-state index contributed by atoms with van der Waals surface area (Å²) >= 11 is 3.41. The highest BCUT2D eigenvalue weighted by Crippen LogP contribution is 2.49. The highest BCUT2D eigenvalue weighted by molar-refractivity contribution is 9.10. The van der Waals surface area contributed by atoms with Crippen LogP contribution in [0, 0.1) is 6.92 Å². The number of likely N-dealkylation sites (N-methyl/N-ethyl adjacent to an activating group) is 1. The van der Waals surface area contributed by atoms with E-state index in [2.05, 4.69) is 15.9 Å². The summed E-state index contributed by atoms with van der Waals surface area (Å²) in [4.78, 5) is 25.6. The molecule has 1 aliphatic rings. The average Bonchev–Trinajstić information content (AvgIpc) is 3.25. The molecule has 0 aliphatic heterocycles. The molecular weight excluding hydrogens is 374 g/mol. The number of furan rings is 1. The van der Waals surface area contributed by atoms with Crippen molar-refractivity contribution in [2.75, 3.05) is 7.05 Å². The average molecular weight is 392 g/mol. The number of hydrogen-bond donors (Lipinski definition) is 1. The zero-order chi connectivity index (χ0) is 17.5. The standard InChI is InChI=1S/C18H18BrNO4/c1-11-15(16(21)22)9-14(24-11)10-20(2)17(23)18(7-8-18)12-3-5-13(19)6-4-12/h3-6,9H,7-8,10H2,1-2H3,(H,21,22). The lowest BCUT2D eigenvalue weighted by atomic mass is 9.94. The molecule has 0 atom stereocenters. The van der Waals surface area contributed by atoms with E-state index in [1.807, 2.05) is 24.3 Å². The number of hydrogen-bond acceptors (Lipinski definition) is 3. The van der Waals surface area contributed by atoms with Crippen LogP contribution in [0.25, 0.3) is 0 Å². The van der Waals surface area contributed by atoms with Crippen molar-refractivity contribution in [3.63, 3.8) is 0 Å². The summed E-state index contributed by atoms with van der Waals surface area (Å²) in [5, 5.41) is 9.09. The largest absolute Gasteiger partial charge is 0.478 e. The topological polar surface area (TPSA) is 70.8 Å². The van der Waals surface area contributed by atoms with E-state index >= 15 is 0 Å². The zero-order valence-electron chi connectivity index (χ0n) is 13.5. The molecule has 0 radical (unpaired) electrons. The fourth-order valence-electron chi connectivity index (χ4n) is 3.02. The molecule has 1 aromatic heterocycles. The maximum atomic E-state index is 12.9. The molecule has 6 heteroatoms. The Hall–Kier alpha value is -2.08. The van der Waals surface area contributed by atoms with Gasteiger partial charge >= 0.3 is 5.97 Å². The first kappa shape index (κ1) is 16.8. The van der Waals surface area contributed by atoms with Gasteiger partial charge in [-0.2, -0.15) is 0 Å². The van der Waals surface area contributed by atoms with E-state index in [-0.39, 0.29) is 18.0 Å². The van der Waals surface area contributed by atoms with Gasteiger partial charge in [0, 0.05) is 11.5 Å². The van der Waals surface area contributed by atoms with Gasteiger partial charge in [0.2, 0.25) is 5.91 Å². The summed E-state index contributed by atoms with van der Waals surface area (Å²) in [6, 6.07) is 9.32. The van der Waals surface area contributed by atoms with E-state index in [1.54, 1.807) is 18.9 Å². The summed E-state index contributed by atoms with van der Waals surface area (Å²) < 4.78 is 6.45. The van der Waals surface area contributed by atoms with Crippen molar-refractivity contribution in [1.29, 1.82) is 0 Å². The highest BCUT2D eigenvalue weighted by atomic mass is 79.9. The van der Waals surface area contributed by atoms with Gasteiger partial charge < -0.3 is 14.4 Å². The van der Waals surface area contributed by atoms with Crippen LogP contribution in [0.4, 0.5) is 0 Å². The van der Waals surface area contributed by atoms with Gasteiger partial charge in [-0.25, -0.2) is 4.79 Å². The second-order valence-electron chi connectivity index (χ2n) is 6.24. The Morgan fingerprint density at radius 1 is 1.29 bits per heavy atom. The molecule has 0 unspecified atom stereocenters. The fraction of sp³-hybridized carbons (Fsp3) is 0.333. The van der Waals surface area contributed by atoms with Crippen molar-refractivity contribution in [1.82, 2.24) is 4.90 Å². The van der Waals surface area contributed by atoms with Crippen molar-refractivity contribution in [2.24, 2.45) is 0 Å². The number of carboxylic acids is 1. The summed E-state index contributed by atoms with van der Waals surface area (Å²) in [6.07, 6.45) is 1.66. The predicted molar refractivity (Wildman–Crippen MR) is 91.9 cm³/mol. The second-order valence-corrected chi connectivity index (χ2v) is 7.15. The Morgan fingerprint density at radius 2 is 1.92 bits per heavy atom. The smallest absolute Gasteiger partial charge is 0.339 e. The van der Waals surface area contributed by atoms with Crippen LogP contribution in [0.3, 0.4) is 0 Å². The molecule has 24 heavy (non-hydrogen) atoms. The summed E-state index contributed by atoms with van der Waals surface area (Å²) in [6.45, 7) is 1.87. The Morgan fingerprint density at radius 3 is 2.42 bits per heavy atom. The molecule has 2 aromatic rings. The first-order chi connectivity index (χ1) is 11.3. The molecule has 1 aromatic carbocycles. The lowest BCUT2D eigenvalue weighted by Gasteiger charge is -2.23. The third-order valence-electron chi connectivity index (χ3n) is 4.50. The monoisotopic (exact) mass is 391 g/mol. The van der Waals surface area contributed by atoms with Crippen molar-refractivity contribution in [3.8, 4) is 0 Å². The quantitative estimate of drug-likeness (QED) is 0.842. The molecule has 1 saturated carbocycles. The van der Waals surface area contributed by atoms with Crippen molar-refractivity contribution >= 4 is 27.8 Å². The first-order valence-corrected chi connectivity index (χ1v) is 8.47. The lowest BCUT2D eigenvalue weighted by molar-refractivity contribution is -0.133. The third-order valence-corrected chi connectivity index (χ3v) is 5.02. The van der Waals surface area contributed by atoms with Gasteiger partial charge in [-0.3, -0.25) is 4.79 Å². The summed E-state index contributed by atoms with van der Waals surface area (Å²) in [5.74, 6) is -0.152. The van der Waals surface area contributed by atoms with Crippen LogP contribution in [-0.4, -0.2) is 28.9 Å². The number of rotatable bonds is 5. The predicted octanol–water partition coefficient (Wildman–Crippen LogP) is 3.74. The van der Waals surface area contributed by atoms with Gasteiger partial charge in [-0.1, -0.05) is 28.1 Å². The number of carboxylic acid groups (broad SMARTS) is 1. The van der Waals surface area contributed by atoms with Gasteiger partial charge in [0.1, 0.15) is 17.1 Å². The van der Waals surface area contributed by atoms with Crippen LogP contribution in [-0.2, 0) is 16.8 Å². The van der Waals surface area contributed by atoms with Gasteiger partial charge in [0.05, 0.1) is 12.0 Å². The summed E-state index contributed by atoms with van der Waals surface area (Å²) in [5.41, 5.74) is 0.705. The van der Waals surface area contributed by atoms with Crippen LogP contribution < -0.4 is 0 Å². The molecule has 1 N–H and O–H groups in total. The molecule has 5 nitrogen and oxygen atoms in total. The van der Waals surface area contributed by atoms with Crippen LogP contribution in [0.5, 0.6) is 0 Å².